The van der Waals surface area contributed by atoms with E-state index >= 15 is 0 Å². The molecule has 1 aliphatic heterocycles. The van der Waals surface area contributed by atoms with Crippen LogP contribution in [-0.4, -0.2) is 150 Å². The van der Waals surface area contributed by atoms with Crippen LogP contribution in [0.4, 0.5) is 0 Å². The Hall–Kier alpha value is 0.440. The number of nitrogens with zero attached hydrogens (tertiary/aromatic N) is 4. The van der Waals surface area contributed by atoms with Gasteiger partial charge in [0.1, 0.15) is 25.1 Å². The first-order chi connectivity index (χ1) is 22.8. The maximum atomic E-state index is 13.7. The zero-order chi connectivity index (χ0) is 36.1. The Morgan fingerprint density at radius 2 is 0.438 bits per heavy atom. The standard InChI is InChI=1S/C28H64N4O12P4/c1-9-37-45(33,38-10-2)25-29-17-19-30(26-46(34,39-11-3)40-12-4)21-23-32(28-48(36,43-15-7)44-16-8)24-22-31(20-18-29)27-47(35,41-13-5)42-14-6/h9-28H2,1-8H3. The molecular formula is C28H64N4O12P4. The molecule has 1 saturated heterocycles. The summed E-state index contributed by atoms with van der Waals surface area (Å²) >= 11 is 0. The van der Waals surface area contributed by atoms with Gasteiger partial charge in [-0.05, 0) is 55.4 Å². The Kier molecular flexibility index (Phi) is 23.8. The molecule has 1 fully saturated rings. The molecule has 0 aromatic heterocycles. The van der Waals surface area contributed by atoms with Gasteiger partial charge in [-0.1, -0.05) is 0 Å². The summed E-state index contributed by atoms with van der Waals surface area (Å²) in [6.07, 6.45) is 0.157. The van der Waals surface area contributed by atoms with Gasteiger partial charge < -0.3 is 36.2 Å². The van der Waals surface area contributed by atoms with Gasteiger partial charge in [0.15, 0.2) is 0 Å². The summed E-state index contributed by atoms with van der Waals surface area (Å²) < 4.78 is 99.7. The summed E-state index contributed by atoms with van der Waals surface area (Å²) in [4.78, 5) is 7.95. The third-order valence-corrected chi connectivity index (χ3v) is 15.2. The lowest BCUT2D eigenvalue weighted by Crippen LogP contribution is -2.47. The zero-order valence-electron chi connectivity index (χ0n) is 30.6. The van der Waals surface area contributed by atoms with E-state index in [0.717, 1.165) is 0 Å². The molecular weight excluding hydrogens is 708 g/mol. The molecule has 0 bridgehead atoms. The lowest BCUT2D eigenvalue weighted by molar-refractivity contribution is 0.131. The highest BCUT2D eigenvalue weighted by molar-refractivity contribution is 7.54. The molecule has 20 heteroatoms. The van der Waals surface area contributed by atoms with Crippen molar-refractivity contribution >= 4 is 30.4 Å². The summed E-state index contributed by atoms with van der Waals surface area (Å²) in [6, 6.07) is 0. The highest BCUT2D eigenvalue weighted by atomic mass is 31.2. The van der Waals surface area contributed by atoms with Crippen LogP contribution in [0.2, 0.25) is 0 Å². The average Bonchev–Trinajstić information content (AvgIpc) is 2.99. The molecule has 0 radical (unpaired) electrons. The number of rotatable bonds is 24. The normalized spacial score (nSPS) is 18.2. The van der Waals surface area contributed by atoms with Crippen molar-refractivity contribution in [1.29, 1.82) is 0 Å². The van der Waals surface area contributed by atoms with Crippen molar-refractivity contribution < 1.29 is 54.5 Å². The van der Waals surface area contributed by atoms with Gasteiger partial charge in [0.2, 0.25) is 0 Å². The molecule has 48 heavy (non-hydrogen) atoms. The lowest BCUT2D eigenvalue weighted by Gasteiger charge is -2.36. The van der Waals surface area contributed by atoms with Gasteiger partial charge in [0, 0.05) is 52.4 Å². The SMILES string of the molecule is CCOP(=O)(CN1CCN(CP(=O)(OCC)OCC)CCN(CP(=O)(OCC)OCC)CCN(CP(=O)(OCC)OCC)CC1)OCC. The summed E-state index contributed by atoms with van der Waals surface area (Å²) in [5.74, 6) is 0. The van der Waals surface area contributed by atoms with E-state index in [1.165, 1.54) is 0 Å². The first-order valence-electron chi connectivity index (χ1n) is 17.2. The van der Waals surface area contributed by atoms with Crippen LogP contribution >= 0.6 is 30.4 Å². The average molecular weight is 773 g/mol. The fourth-order valence-electron chi connectivity index (χ4n) is 5.17. The fourth-order valence-corrected chi connectivity index (χ4v) is 12.4. The maximum absolute atomic E-state index is 13.7. The quantitative estimate of drug-likeness (QED) is 0.104. The maximum Gasteiger partial charge on any atom is 0.344 e. The smallest absolute Gasteiger partial charge is 0.308 e. The second-order valence-electron chi connectivity index (χ2n) is 10.8. The van der Waals surface area contributed by atoms with Gasteiger partial charge >= 0.3 is 30.4 Å². The molecule has 0 saturated carbocycles. The van der Waals surface area contributed by atoms with Crippen molar-refractivity contribution in [2.24, 2.45) is 0 Å². The molecule has 0 N–H and O–H groups in total. The second kappa shape index (κ2) is 24.6. The fraction of sp³-hybridized carbons (Fsp3) is 1.00. The molecule has 0 spiro atoms. The number of hydrogen-bond donors (Lipinski definition) is 0. The van der Waals surface area contributed by atoms with Crippen LogP contribution in [0.5, 0.6) is 0 Å². The molecule has 1 aliphatic rings. The summed E-state index contributed by atoms with van der Waals surface area (Å²) in [7, 11) is -13.9. The molecule has 1 rings (SSSR count). The van der Waals surface area contributed by atoms with Gasteiger partial charge in [-0.2, -0.15) is 0 Å². The van der Waals surface area contributed by atoms with Gasteiger partial charge in [0.25, 0.3) is 0 Å². The van der Waals surface area contributed by atoms with E-state index in [4.69, 9.17) is 36.2 Å². The minimum Gasteiger partial charge on any atom is -0.308 e. The van der Waals surface area contributed by atoms with Crippen molar-refractivity contribution in [2.75, 3.05) is 130 Å². The Morgan fingerprint density at radius 1 is 0.312 bits per heavy atom. The topological polar surface area (TPSA) is 155 Å². The molecule has 1 heterocycles. The van der Waals surface area contributed by atoms with Crippen LogP contribution in [0.1, 0.15) is 55.4 Å². The van der Waals surface area contributed by atoms with Crippen molar-refractivity contribution in [2.45, 2.75) is 55.4 Å². The van der Waals surface area contributed by atoms with Crippen molar-refractivity contribution in [3.8, 4) is 0 Å². The van der Waals surface area contributed by atoms with Gasteiger partial charge in [0.05, 0.1) is 52.9 Å². The second-order valence-corrected chi connectivity index (χ2v) is 18.9. The van der Waals surface area contributed by atoms with Crippen molar-refractivity contribution in [3.63, 3.8) is 0 Å². The van der Waals surface area contributed by atoms with Crippen molar-refractivity contribution in [1.82, 2.24) is 19.6 Å². The first-order valence-corrected chi connectivity index (χ1v) is 24.1. The van der Waals surface area contributed by atoms with Crippen LogP contribution in [0.3, 0.4) is 0 Å². The van der Waals surface area contributed by atoms with E-state index in [-0.39, 0.29) is 78.0 Å². The van der Waals surface area contributed by atoms with Crippen LogP contribution in [-0.2, 0) is 54.5 Å². The molecule has 0 unspecified atom stereocenters. The van der Waals surface area contributed by atoms with Crippen LogP contribution in [0, 0.1) is 0 Å². The zero-order valence-corrected chi connectivity index (χ0v) is 34.2. The van der Waals surface area contributed by atoms with E-state index in [1.807, 2.05) is 19.6 Å². The van der Waals surface area contributed by atoms with E-state index in [9.17, 15) is 18.3 Å². The predicted molar refractivity (Wildman–Crippen MR) is 189 cm³/mol. The summed E-state index contributed by atoms with van der Waals surface area (Å²) in [6.45, 7) is 19.3. The summed E-state index contributed by atoms with van der Waals surface area (Å²) in [5.41, 5.74) is 0. The monoisotopic (exact) mass is 772 g/mol. The first kappa shape index (κ1) is 46.5. The Morgan fingerprint density at radius 3 is 0.542 bits per heavy atom. The predicted octanol–water partition coefficient (Wildman–Crippen LogP) is 6.10. The molecule has 0 aromatic carbocycles. The molecule has 0 amide bonds. The lowest BCUT2D eigenvalue weighted by atomic mass is 10.4. The van der Waals surface area contributed by atoms with Crippen LogP contribution in [0.25, 0.3) is 0 Å². The van der Waals surface area contributed by atoms with Gasteiger partial charge in [-0.3, -0.25) is 37.9 Å². The van der Waals surface area contributed by atoms with Crippen LogP contribution in [0.15, 0.2) is 0 Å². The van der Waals surface area contributed by atoms with E-state index in [2.05, 4.69) is 0 Å². The van der Waals surface area contributed by atoms with E-state index in [1.54, 1.807) is 55.4 Å². The highest BCUT2D eigenvalue weighted by Gasteiger charge is 2.34. The highest BCUT2D eigenvalue weighted by Crippen LogP contribution is 2.51. The third kappa shape index (κ3) is 18.3. The van der Waals surface area contributed by atoms with Crippen molar-refractivity contribution in [3.05, 3.63) is 0 Å². The molecule has 16 nitrogen and oxygen atoms in total. The van der Waals surface area contributed by atoms with Crippen LogP contribution < -0.4 is 0 Å². The largest absolute Gasteiger partial charge is 0.344 e. The van der Waals surface area contributed by atoms with Gasteiger partial charge in [-0.25, -0.2) is 0 Å². The number of hydrogen-bond acceptors (Lipinski definition) is 16. The van der Waals surface area contributed by atoms with E-state index in [0.29, 0.717) is 52.4 Å². The minimum atomic E-state index is -3.46. The molecule has 0 aliphatic carbocycles. The summed E-state index contributed by atoms with van der Waals surface area (Å²) in [5, 5.41) is 0. The molecule has 0 atom stereocenters. The minimum absolute atomic E-state index is 0.0392. The molecule has 288 valence electrons. The third-order valence-electron chi connectivity index (χ3n) is 7.03. The van der Waals surface area contributed by atoms with Gasteiger partial charge in [-0.15, -0.1) is 0 Å². The van der Waals surface area contributed by atoms with E-state index < -0.39 is 30.4 Å². The Balaban J connectivity index is 3.54. The Labute approximate surface area is 289 Å². The Bertz CT molecular complexity index is 846. The molecule has 0 aromatic rings.